The maximum absolute atomic E-state index is 6.14. The Balaban J connectivity index is 2.44. The average molecular weight is 349 g/mol. The molecule has 0 aromatic carbocycles. The second-order valence-corrected chi connectivity index (χ2v) is 9.00. The molecule has 0 aromatic heterocycles. The van der Waals surface area contributed by atoms with Gasteiger partial charge < -0.3 is 22.8 Å². The molecule has 1 aliphatic heterocycles. The summed E-state index contributed by atoms with van der Waals surface area (Å²) in [5.41, 5.74) is 0. The zero-order valence-electron chi connectivity index (χ0n) is 15.5. The van der Waals surface area contributed by atoms with E-state index < -0.39 is 8.80 Å². The first-order valence-corrected chi connectivity index (χ1v) is 11.2. The summed E-state index contributed by atoms with van der Waals surface area (Å²) in [6.45, 7) is 13.1. The van der Waals surface area contributed by atoms with Crippen LogP contribution in [-0.2, 0) is 22.8 Å². The van der Waals surface area contributed by atoms with Crippen LogP contribution in [0.25, 0.3) is 0 Å². The van der Waals surface area contributed by atoms with Gasteiger partial charge in [-0.15, -0.1) is 0 Å². The monoisotopic (exact) mass is 348 g/mol. The van der Waals surface area contributed by atoms with E-state index in [0.717, 1.165) is 51.5 Å². The lowest BCUT2D eigenvalue weighted by molar-refractivity contribution is 0.0528. The predicted octanol–water partition coefficient (Wildman–Crippen LogP) is 3.65. The van der Waals surface area contributed by atoms with Crippen LogP contribution >= 0.6 is 0 Å². The molecule has 1 saturated heterocycles. The highest BCUT2D eigenvalue weighted by Gasteiger charge is 2.42. The minimum absolute atomic E-state index is 0.340. The Morgan fingerprint density at radius 2 is 1.48 bits per heavy atom. The van der Waals surface area contributed by atoms with Crippen molar-refractivity contribution >= 4 is 8.80 Å². The number of epoxide rings is 1. The molecule has 0 N–H and O–H groups in total. The Hall–Kier alpha value is 0.0169. The molecule has 0 amide bonds. The van der Waals surface area contributed by atoms with E-state index >= 15 is 0 Å². The maximum atomic E-state index is 6.14. The SMILES string of the molecule is CCCO[Si](CC(C)CCOCC1CO1)(OCCC)OCCC. The van der Waals surface area contributed by atoms with Crippen LogP contribution in [0, 0.1) is 5.92 Å². The van der Waals surface area contributed by atoms with Crippen LogP contribution in [0.15, 0.2) is 0 Å². The van der Waals surface area contributed by atoms with Crippen LogP contribution in [-0.4, -0.2) is 54.5 Å². The zero-order chi connectivity index (χ0) is 17.0. The van der Waals surface area contributed by atoms with E-state index in [4.69, 9.17) is 22.8 Å². The third-order valence-corrected chi connectivity index (χ3v) is 6.77. The fourth-order valence-corrected chi connectivity index (χ4v) is 5.47. The zero-order valence-corrected chi connectivity index (χ0v) is 16.5. The minimum Gasteiger partial charge on any atom is -0.379 e. The fourth-order valence-electron chi connectivity index (χ4n) is 2.27. The first-order valence-electron chi connectivity index (χ1n) is 9.27. The third-order valence-electron chi connectivity index (χ3n) is 3.64. The molecule has 0 spiro atoms. The lowest BCUT2D eigenvalue weighted by Crippen LogP contribution is -2.48. The van der Waals surface area contributed by atoms with E-state index in [2.05, 4.69) is 27.7 Å². The molecule has 6 heteroatoms. The van der Waals surface area contributed by atoms with E-state index in [1.807, 2.05) is 0 Å². The highest BCUT2D eigenvalue weighted by Crippen LogP contribution is 2.24. The van der Waals surface area contributed by atoms with Gasteiger partial charge in [0.05, 0.1) is 13.2 Å². The molecule has 1 heterocycles. The van der Waals surface area contributed by atoms with Gasteiger partial charge in [0, 0.05) is 32.5 Å². The van der Waals surface area contributed by atoms with E-state index in [1.54, 1.807) is 0 Å². The first kappa shape index (κ1) is 21.1. The lowest BCUT2D eigenvalue weighted by atomic mass is 10.1. The summed E-state index contributed by atoms with van der Waals surface area (Å²) in [6, 6.07) is 0.871. The molecule has 0 radical (unpaired) electrons. The summed E-state index contributed by atoms with van der Waals surface area (Å²) in [5, 5.41) is 0. The topological polar surface area (TPSA) is 49.5 Å². The van der Waals surface area contributed by atoms with Gasteiger partial charge in [-0.25, -0.2) is 0 Å². The van der Waals surface area contributed by atoms with Crippen molar-refractivity contribution in [2.45, 2.75) is 65.5 Å². The van der Waals surface area contributed by atoms with Gasteiger partial charge >= 0.3 is 8.80 Å². The molecule has 1 fully saturated rings. The Kier molecular flexibility index (Phi) is 11.3. The van der Waals surface area contributed by atoms with Gasteiger partial charge in [-0.3, -0.25) is 0 Å². The van der Waals surface area contributed by atoms with Crippen molar-refractivity contribution in [2.24, 2.45) is 5.92 Å². The predicted molar refractivity (Wildman–Crippen MR) is 93.6 cm³/mol. The van der Waals surface area contributed by atoms with Gasteiger partial charge in [0.15, 0.2) is 0 Å². The van der Waals surface area contributed by atoms with Crippen LogP contribution in [0.3, 0.4) is 0 Å². The quantitative estimate of drug-likeness (QED) is 0.242. The van der Waals surface area contributed by atoms with Gasteiger partial charge in [0.2, 0.25) is 0 Å². The molecule has 2 atom stereocenters. The van der Waals surface area contributed by atoms with E-state index in [-0.39, 0.29) is 0 Å². The maximum Gasteiger partial charge on any atom is 0.501 e. The van der Waals surface area contributed by atoms with Crippen molar-refractivity contribution in [2.75, 3.05) is 39.6 Å². The third kappa shape index (κ3) is 9.79. The molecular formula is C17H36O5Si. The van der Waals surface area contributed by atoms with Gasteiger partial charge in [-0.2, -0.15) is 0 Å². The Labute approximate surface area is 143 Å². The molecule has 0 saturated carbocycles. The molecule has 5 nitrogen and oxygen atoms in total. The molecule has 23 heavy (non-hydrogen) atoms. The van der Waals surface area contributed by atoms with E-state index in [1.165, 1.54) is 0 Å². The van der Waals surface area contributed by atoms with Gasteiger partial charge in [-0.05, 0) is 31.6 Å². The normalized spacial score (nSPS) is 19.0. The summed E-state index contributed by atoms with van der Waals surface area (Å²) < 4.78 is 29.2. The average Bonchev–Trinajstić information content (AvgIpc) is 3.37. The molecule has 1 aliphatic rings. The number of rotatable bonds is 16. The van der Waals surface area contributed by atoms with Crippen molar-refractivity contribution in [1.29, 1.82) is 0 Å². The first-order chi connectivity index (χ1) is 11.2. The van der Waals surface area contributed by atoms with Crippen molar-refractivity contribution < 1.29 is 22.8 Å². The highest BCUT2D eigenvalue weighted by atomic mass is 28.4. The molecule has 0 aromatic rings. The summed E-state index contributed by atoms with van der Waals surface area (Å²) in [4.78, 5) is 0. The molecule has 138 valence electrons. The van der Waals surface area contributed by atoms with Crippen LogP contribution < -0.4 is 0 Å². The van der Waals surface area contributed by atoms with Crippen molar-refractivity contribution in [3.05, 3.63) is 0 Å². The van der Waals surface area contributed by atoms with E-state index in [9.17, 15) is 0 Å². The van der Waals surface area contributed by atoms with Gasteiger partial charge in [0.1, 0.15) is 6.10 Å². The summed E-state index contributed by atoms with van der Waals surface area (Å²) in [5.74, 6) is 0.465. The smallest absolute Gasteiger partial charge is 0.379 e. The van der Waals surface area contributed by atoms with Crippen molar-refractivity contribution in [3.63, 3.8) is 0 Å². The molecule has 0 aliphatic carbocycles. The molecule has 0 bridgehead atoms. The van der Waals surface area contributed by atoms with Crippen LogP contribution in [0.2, 0.25) is 6.04 Å². The summed E-state index contributed by atoms with van der Waals surface area (Å²) in [6.07, 6.45) is 4.30. The van der Waals surface area contributed by atoms with Crippen molar-refractivity contribution in [1.82, 2.24) is 0 Å². The van der Waals surface area contributed by atoms with Crippen LogP contribution in [0.5, 0.6) is 0 Å². The number of hydrogen-bond acceptors (Lipinski definition) is 5. The van der Waals surface area contributed by atoms with Crippen LogP contribution in [0.1, 0.15) is 53.4 Å². The number of ether oxygens (including phenoxy) is 2. The number of hydrogen-bond donors (Lipinski definition) is 0. The molecular weight excluding hydrogens is 312 g/mol. The standard InChI is InChI=1S/C17H36O5Si/c1-5-9-20-23(21-10-6-2,22-11-7-3)15-16(4)8-12-18-13-17-14-19-17/h16-17H,5-15H2,1-4H3. The van der Waals surface area contributed by atoms with Crippen molar-refractivity contribution in [3.8, 4) is 0 Å². The second-order valence-electron chi connectivity index (χ2n) is 6.36. The lowest BCUT2D eigenvalue weighted by Gasteiger charge is -2.31. The highest BCUT2D eigenvalue weighted by molar-refractivity contribution is 6.60. The Morgan fingerprint density at radius 1 is 0.957 bits per heavy atom. The minimum atomic E-state index is -2.57. The fraction of sp³-hybridized carbons (Fsp3) is 1.00. The van der Waals surface area contributed by atoms with Gasteiger partial charge in [-0.1, -0.05) is 27.7 Å². The second kappa shape index (κ2) is 12.4. The molecule has 1 rings (SSSR count). The van der Waals surface area contributed by atoms with Crippen LogP contribution in [0.4, 0.5) is 0 Å². The largest absolute Gasteiger partial charge is 0.501 e. The summed E-state index contributed by atoms with van der Waals surface area (Å²) >= 11 is 0. The summed E-state index contributed by atoms with van der Waals surface area (Å²) in [7, 11) is -2.57. The van der Waals surface area contributed by atoms with E-state index in [0.29, 0.717) is 31.8 Å². The van der Waals surface area contributed by atoms with Gasteiger partial charge in [0.25, 0.3) is 0 Å². The Bertz CT molecular complexity index is 264. The molecule has 2 unspecified atom stereocenters. The Morgan fingerprint density at radius 3 is 1.91 bits per heavy atom.